The second-order valence-electron chi connectivity index (χ2n) is 7.70. The van der Waals surface area contributed by atoms with Crippen molar-refractivity contribution in [1.82, 2.24) is 14.8 Å². The first kappa shape index (κ1) is 17.2. The Morgan fingerprint density at radius 3 is 2.62 bits per heavy atom. The van der Waals surface area contributed by atoms with Crippen molar-refractivity contribution in [1.29, 1.82) is 0 Å². The molecule has 1 atom stereocenters. The molecule has 1 aromatic carbocycles. The lowest BCUT2D eigenvalue weighted by molar-refractivity contribution is -0.135. The van der Waals surface area contributed by atoms with Gasteiger partial charge in [-0.25, -0.2) is 0 Å². The predicted octanol–water partition coefficient (Wildman–Crippen LogP) is 3.58. The molecule has 1 unspecified atom stereocenters. The monoisotopic (exact) mass is 349 g/mol. The molecule has 4 heteroatoms. The number of hydrogen-bond donors (Lipinski definition) is 0. The molecule has 1 spiro atoms. The highest BCUT2D eigenvalue weighted by Gasteiger charge is 2.50. The Morgan fingerprint density at radius 2 is 1.88 bits per heavy atom. The van der Waals surface area contributed by atoms with Crippen LogP contribution in [-0.4, -0.2) is 46.9 Å². The summed E-state index contributed by atoms with van der Waals surface area (Å²) in [5, 5.41) is 0. The topological polar surface area (TPSA) is 36.4 Å². The lowest BCUT2D eigenvalue weighted by Crippen LogP contribution is -2.37. The van der Waals surface area contributed by atoms with Crippen molar-refractivity contribution in [3.8, 4) is 11.3 Å². The average Bonchev–Trinajstić information content (AvgIpc) is 3.22. The molecule has 0 saturated carbocycles. The van der Waals surface area contributed by atoms with Gasteiger partial charge in [0.25, 0.3) is 0 Å². The molecule has 1 aromatic heterocycles. The smallest absolute Gasteiger partial charge is 0.230 e. The van der Waals surface area contributed by atoms with Crippen LogP contribution >= 0.6 is 0 Å². The molecule has 1 amide bonds. The fourth-order valence-corrected chi connectivity index (χ4v) is 4.42. The quantitative estimate of drug-likeness (QED) is 0.828. The maximum Gasteiger partial charge on any atom is 0.230 e. The maximum atomic E-state index is 12.8. The van der Waals surface area contributed by atoms with Gasteiger partial charge >= 0.3 is 0 Å². The van der Waals surface area contributed by atoms with E-state index in [0.29, 0.717) is 5.91 Å². The second-order valence-corrected chi connectivity index (χ2v) is 7.70. The third-order valence-corrected chi connectivity index (χ3v) is 5.85. The number of carbonyl (C=O) groups excluding carboxylic acids is 1. The molecule has 2 aromatic rings. The van der Waals surface area contributed by atoms with Gasteiger partial charge in [-0.05, 0) is 43.5 Å². The van der Waals surface area contributed by atoms with E-state index in [0.717, 1.165) is 63.2 Å². The number of rotatable bonds is 5. The molecule has 0 bridgehead atoms. The van der Waals surface area contributed by atoms with Gasteiger partial charge in [0.15, 0.2) is 0 Å². The summed E-state index contributed by atoms with van der Waals surface area (Å²) in [5.74, 6) is 0.396. The third kappa shape index (κ3) is 3.26. The number of benzene rings is 1. The average molecular weight is 349 g/mol. The highest BCUT2D eigenvalue weighted by atomic mass is 16.2. The molecular formula is C22H27N3O. The van der Waals surface area contributed by atoms with Gasteiger partial charge in [0.05, 0.1) is 11.1 Å². The number of likely N-dealkylation sites (tertiary alicyclic amines) is 2. The van der Waals surface area contributed by atoms with Crippen molar-refractivity contribution in [3.63, 3.8) is 0 Å². The number of aromatic nitrogens is 1. The Bertz CT molecular complexity index is 759. The molecule has 2 aliphatic heterocycles. The molecule has 0 N–H and O–H groups in total. The summed E-state index contributed by atoms with van der Waals surface area (Å²) in [5.41, 5.74) is 3.35. The third-order valence-electron chi connectivity index (χ3n) is 5.85. The zero-order chi connectivity index (χ0) is 18.0. The lowest BCUT2D eigenvalue weighted by Gasteiger charge is -2.23. The zero-order valence-corrected chi connectivity index (χ0v) is 15.5. The minimum absolute atomic E-state index is 0.108. The van der Waals surface area contributed by atoms with Gasteiger partial charge in [-0.1, -0.05) is 37.3 Å². The normalized spacial score (nSPS) is 23.3. The Labute approximate surface area is 155 Å². The first-order valence-electron chi connectivity index (χ1n) is 9.72. The van der Waals surface area contributed by atoms with Gasteiger partial charge in [-0.3, -0.25) is 14.7 Å². The van der Waals surface area contributed by atoms with E-state index in [1.807, 2.05) is 24.4 Å². The van der Waals surface area contributed by atoms with Gasteiger partial charge in [-0.15, -0.1) is 0 Å². The molecule has 2 aliphatic rings. The van der Waals surface area contributed by atoms with Crippen molar-refractivity contribution in [2.24, 2.45) is 5.41 Å². The Hall–Kier alpha value is -2.20. The molecule has 0 aliphatic carbocycles. The Kier molecular flexibility index (Phi) is 4.77. The largest absolute Gasteiger partial charge is 0.342 e. The number of hydrogen-bond acceptors (Lipinski definition) is 3. The van der Waals surface area contributed by atoms with Crippen molar-refractivity contribution in [2.75, 3.05) is 26.2 Å². The summed E-state index contributed by atoms with van der Waals surface area (Å²) < 4.78 is 0. The standard InChI is InChI=1S/C22H27N3O/c1-2-13-25-15-11-22(21(25)26)10-14-24(17-22)16-18-6-8-19(9-7-18)20-5-3-4-12-23-20/h3-9,12H,2,10-11,13-17H2,1H3. The second kappa shape index (κ2) is 7.20. The Balaban J connectivity index is 1.39. The molecule has 2 saturated heterocycles. The summed E-state index contributed by atoms with van der Waals surface area (Å²) in [6.45, 7) is 6.86. The minimum Gasteiger partial charge on any atom is -0.342 e. The van der Waals surface area contributed by atoms with Crippen LogP contribution in [0.25, 0.3) is 11.3 Å². The van der Waals surface area contributed by atoms with Crippen LogP contribution in [0.5, 0.6) is 0 Å². The summed E-state index contributed by atoms with van der Waals surface area (Å²) in [6.07, 6.45) is 4.92. The van der Waals surface area contributed by atoms with Gasteiger partial charge in [0.1, 0.15) is 0 Å². The predicted molar refractivity (Wildman–Crippen MR) is 103 cm³/mol. The van der Waals surface area contributed by atoms with E-state index in [4.69, 9.17) is 0 Å². The lowest BCUT2D eigenvalue weighted by atomic mass is 9.85. The highest BCUT2D eigenvalue weighted by Crippen LogP contribution is 2.41. The number of amides is 1. The van der Waals surface area contributed by atoms with Crippen molar-refractivity contribution < 1.29 is 4.79 Å². The van der Waals surface area contributed by atoms with Crippen LogP contribution in [-0.2, 0) is 11.3 Å². The fourth-order valence-electron chi connectivity index (χ4n) is 4.42. The summed E-state index contributed by atoms with van der Waals surface area (Å²) in [6, 6.07) is 14.7. The number of nitrogens with zero attached hydrogens (tertiary/aromatic N) is 3. The zero-order valence-electron chi connectivity index (χ0n) is 15.5. The van der Waals surface area contributed by atoms with E-state index >= 15 is 0 Å². The van der Waals surface area contributed by atoms with Gasteiger partial charge in [0, 0.05) is 37.9 Å². The molecule has 0 radical (unpaired) electrons. The summed E-state index contributed by atoms with van der Waals surface area (Å²) in [7, 11) is 0. The maximum absolute atomic E-state index is 12.8. The van der Waals surface area contributed by atoms with Gasteiger partial charge in [0.2, 0.25) is 5.91 Å². The number of pyridine rings is 1. The molecule has 3 heterocycles. The van der Waals surface area contributed by atoms with Gasteiger partial charge < -0.3 is 4.90 Å². The van der Waals surface area contributed by atoms with E-state index in [1.54, 1.807) is 0 Å². The van der Waals surface area contributed by atoms with Crippen LogP contribution in [0.15, 0.2) is 48.7 Å². The molecule has 26 heavy (non-hydrogen) atoms. The van der Waals surface area contributed by atoms with Crippen LogP contribution in [0.2, 0.25) is 0 Å². The molecule has 2 fully saturated rings. The van der Waals surface area contributed by atoms with Crippen molar-refractivity contribution in [2.45, 2.75) is 32.7 Å². The van der Waals surface area contributed by atoms with Crippen molar-refractivity contribution in [3.05, 3.63) is 54.2 Å². The van der Waals surface area contributed by atoms with Gasteiger partial charge in [-0.2, -0.15) is 0 Å². The SMILES string of the molecule is CCCN1CCC2(CCN(Cc3ccc(-c4ccccn4)cc3)C2)C1=O. The van der Waals surface area contributed by atoms with E-state index in [-0.39, 0.29) is 5.41 Å². The van der Waals surface area contributed by atoms with Crippen LogP contribution in [0, 0.1) is 5.41 Å². The van der Waals surface area contributed by atoms with Crippen LogP contribution in [0.1, 0.15) is 31.7 Å². The van der Waals surface area contributed by atoms with Crippen LogP contribution in [0.3, 0.4) is 0 Å². The molecule has 4 nitrogen and oxygen atoms in total. The molecular weight excluding hydrogens is 322 g/mol. The van der Waals surface area contributed by atoms with E-state index in [9.17, 15) is 4.79 Å². The Morgan fingerprint density at radius 1 is 1.08 bits per heavy atom. The summed E-state index contributed by atoms with van der Waals surface area (Å²) in [4.78, 5) is 21.7. The highest BCUT2D eigenvalue weighted by molar-refractivity contribution is 5.85. The van der Waals surface area contributed by atoms with E-state index in [1.165, 1.54) is 5.56 Å². The first-order valence-corrected chi connectivity index (χ1v) is 9.72. The van der Waals surface area contributed by atoms with E-state index in [2.05, 4.69) is 46.0 Å². The molecule has 4 rings (SSSR count). The van der Waals surface area contributed by atoms with Crippen LogP contribution in [0.4, 0.5) is 0 Å². The van der Waals surface area contributed by atoms with Crippen LogP contribution < -0.4 is 0 Å². The molecule has 136 valence electrons. The number of carbonyl (C=O) groups is 1. The van der Waals surface area contributed by atoms with E-state index < -0.39 is 0 Å². The fraction of sp³-hybridized carbons (Fsp3) is 0.455. The first-order chi connectivity index (χ1) is 12.7. The summed E-state index contributed by atoms with van der Waals surface area (Å²) >= 11 is 0. The minimum atomic E-state index is -0.108. The van der Waals surface area contributed by atoms with Crippen molar-refractivity contribution >= 4 is 5.91 Å².